The highest BCUT2D eigenvalue weighted by Crippen LogP contribution is 2.21. The van der Waals surface area contributed by atoms with E-state index >= 15 is 0 Å². The summed E-state index contributed by atoms with van der Waals surface area (Å²) < 4.78 is 33.2. The second-order valence-corrected chi connectivity index (χ2v) is 8.75. The number of nitrogens with zero attached hydrogens (tertiary/aromatic N) is 1. The second-order valence-electron chi connectivity index (χ2n) is 7.03. The molecule has 2 saturated heterocycles. The van der Waals surface area contributed by atoms with Gasteiger partial charge in [-0.3, -0.25) is 4.79 Å². The Morgan fingerprint density at radius 1 is 1.31 bits per heavy atom. The first-order valence-electron chi connectivity index (χ1n) is 9.11. The van der Waals surface area contributed by atoms with Crippen molar-refractivity contribution in [2.24, 2.45) is 5.92 Å². The quantitative estimate of drug-likeness (QED) is 0.762. The Balaban J connectivity index is 1.70. The molecular formula is C18H27N3O4S. The molecule has 2 aliphatic heterocycles. The Bertz CT molecular complexity index is 732. The number of sulfonamides is 1. The minimum atomic E-state index is -3.63. The molecule has 0 spiro atoms. The maximum Gasteiger partial charge on any atom is 0.253 e. The van der Waals surface area contributed by atoms with Crippen molar-refractivity contribution in [3.63, 3.8) is 0 Å². The van der Waals surface area contributed by atoms with Crippen LogP contribution in [0.4, 0.5) is 0 Å². The highest BCUT2D eigenvalue weighted by Gasteiger charge is 2.28. The number of likely N-dealkylation sites (tertiary alicyclic amines) is 1. The molecule has 0 radical (unpaired) electrons. The van der Waals surface area contributed by atoms with Gasteiger partial charge in [0.05, 0.1) is 11.5 Å². The molecule has 2 aliphatic rings. The topological polar surface area (TPSA) is 87.7 Å². The van der Waals surface area contributed by atoms with Gasteiger partial charge in [0.2, 0.25) is 10.0 Å². The standard InChI is InChI=1S/C18H27N3O4S/c1-25-13-14-7-10-21(12-14)18(22)15-3-2-4-17(11-15)26(23,24)20-16-5-8-19-9-6-16/h2-4,11,14,16,19-20H,5-10,12-13H2,1H3/t14-/m0/s1. The van der Waals surface area contributed by atoms with Crippen molar-refractivity contribution < 1.29 is 17.9 Å². The Morgan fingerprint density at radius 3 is 2.81 bits per heavy atom. The van der Waals surface area contributed by atoms with Crippen molar-refractivity contribution in [3.8, 4) is 0 Å². The van der Waals surface area contributed by atoms with Crippen LogP contribution in [0, 0.1) is 5.92 Å². The zero-order valence-electron chi connectivity index (χ0n) is 15.1. The van der Waals surface area contributed by atoms with E-state index in [1.807, 2.05) is 0 Å². The fraction of sp³-hybridized carbons (Fsp3) is 0.611. The Kier molecular flexibility index (Phi) is 6.29. The number of piperidine rings is 1. The van der Waals surface area contributed by atoms with Gasteiger partial charge in [-0.15, -0.1) is 0 Å². The number of hydrogen-bond acceptors (Lipinski definition) is 5. The molecule has 2 N–H and O–H groups in total. The summed E-state index contributed by atoms with van der Waals surface area (Å²) in [5.74, 6) is 0.222. The number of methoxy groups -OCH3 is 1. The molecule has 1 aromatic rings. The first-order chi connectivity index (χ1) is 12.5. The number of carbonyl (C=O) groups excluding carboxylic acids is 1. The van der Waals surface area contributed by atoms with Crippen molar-refractivity contribution in [1.29, 1.82) is 0 Å². The van der Waals surface area contributed by atoms with Gasteiger partial charge in [-0.05, 0) is 50.6 Å². The number of hydrogen-bond donors (Lipinski definition) is 2. The summed E-state index contributed by atoms with van der Waals surface area (Å²) in [6.45, 7) is 3.58. The average Bonchev–Trinajstić information content (AvgIpc) is 3.11. The lowest BCUT2D eigenvalue weighted by atomic mass is 10.1. The summed E-state index contributed by atoms with van der Waals surface area (Å²) >= 11 is 0. The maximum atomic E-state index is 12.7. The summed E-state index contributed by atoms with van der Waals surface area (Å²) in [7, 11) is -1.97. The fourth-order valence-corrected chi connectivity index (χ4v) is 4.95. The summed E-state index contributed by atoms with van der Waals surface area (Å²) in [6.07, 6.45) is 2.45. The predicted octanol–water partition coefficient (Wildman–Crippen LogP) is 0.825. The lowest BCUT2D eigenvalue weighted by Gasteiger charge is -2.23. The molecule has 7 nitrogen and oxygen atoms in total. The van der Waals surface area contributed by atoms with Gasteiger partial charge in [-0.25, -0.2) is 13.1 Å². The average molecular weight is 381 g/mol. The normalized spacial score (nSPS) is 21.9. The third kappa shape index (κ3) is 4.62. The van der Waals surface area contributed by atoms with Crippen LogP contribution in [0.1, 0.15) is 29.6 Å². The molecule has 1 atom stereocenters. The van der Waals surface area contributed by atoms with Crippen LogP contribution in [-0.2, 0) is 14.8 Å². The van der Waals surface area contributed by atoms with Gasteiger partial charge in [0.15, 0.2) is 0 Å². The van der Waals surface area contributed by atoms with Crippen LogP contribution in [0.5, 0.6) is 0 Å². The van der Waals surface area contributed by atoms with E-state index in [4.69, 9.17) is 4.74 Å². The van der Waals surface area contributed by atoms with E-state index in [0.717, 1.165) is 32.4 Å². The lowest BCUT2D eigenvalue weighted by Crippen LogP contribution is -2.42. The van der Waals surface area contributed by atoms with E-state index in [1.54, 1.807) is 24.1 Å². The summed E-state index contributed by atoms with van der Waals surface area (Å²) in [5.41, 5.74) is 0.413. The molecule has 2 heterocycles. The SMILES string of the molecule is COC[C@H]1CCN(C(=O)c2cccc(S(=O)(=O)NC3CCNCC3)c2)C1. The molecule has 0 saturated carbocycles. The number of amides is 1. The molecule has 8 heteroatoms. The highest BCUT2D eigenvalue weighted by atomic mass is 32.2. The van der Waals surface area contributed by atoms with Crippen molar-refractivity contribution in [2.75, 3.05) is 39.9 Å². The third-order valence-corrected chi connectivity index (χ3v) is 6.55. The molecule has 1 amide bonds. The van der Waals surface area contributed by atoms with Gasteiger partial charge in [0.25, 0.3) is 5.91 Å². The van der Waals surface area contributed by atoms with Crippen LogP contribution in [0.25, 0.3) is 0 Å². The van der Waals surface area contributed by atoms with Crippen LogP contribution in [-0.4, -0.2) is 65.2 Å². The summed E-state index contributed by atoms with van der Waals surface area (Å²) in [6, 6.07) is 6.27. The van der Waals surface area contributed by atoms with Crippen molar-refractivity contribution in [1.82, 2.24) is 14.9 Å². The highest BCUT2D eigenvalue weighted by molar-refractivity contribution is 7.89. The van der Waals surface area contributed by atoms with Crippen LogP contribution in [0.3, 0.4) is 0 Å². The minimum absolute atomic E-state index is 0.0611. The van der Waals surface area contributed by atoms with E-state index in [2.05, 4.69) is 10.0 Å². The van der Waals surface area contributed by atoms with E-state index in [0.29, 0.717) is 31.2 Å². The van der Waals surface area contributed by atoms with Crippen LogP contribution in [0.2, 0.25) is 0 Å². The molecular weight excluding hydrogens is 354 g/mol. The van der Waals surface area contributed by atoms with Gasteiger partial charge in [0.1, 0.15) is 0 Å². The zero-order valence-corrected chi connectivity index (χ0v) is 15.9. The first-order valence-corrected chi connectivity index (χ1v) is 10.6. The molecule has 2 fully saturated rings. The molecule has 0 aliphatic carbocycles. The monoisotopic (exact) mass is 381 g/mol. The van der Waals surface area contributed by atoms with Crippen molar-refractivity contribution in [3.05, 3.63) is 29.8 Å². The van der Waals surface area contributed by atoms with Gasteiger partial charge in [-0.2, -0.15) is 0 Å². The van der Waals surface area contributed by atoms with Gasteiger partial charge >= 0.3 is 0 Å². The Hall–Kier alpha value is -1.48. The minimum Gasteiger partial charge on any atom is -0.384 e. The van der Waals surface area contributed by atoms with E-state index in [1.165, 1.54) is 12.1 Å². The second kappa shape index (κ2) is 8.47. The van der Waals surface area contributed by atoms with Gasteiger partial charge in [0, 0.05) is 37.7 Å². The Labute approximate surface area is 155 Å². The maximum absolute atomic E-state index is 12.7. The molecule has 0 bridgehead atoms. The third-order valence-electron chi connectivity index (χ3n) is 5.03. The number of rotatable bonds is 6. The van der Waals surface area contributed by atoms with E-state index < -0.39 is 10.0 Å². The number of carbonyl (C=O) groups is 1. The van der Waals surface area contributed by atoms with E-state index in [9.17, 15) is 13.2 Å². The molecule has 1 aromatic carbocycles. The summed E-state index contributed by atoms with van der Waals surface area (Å²) in [5, 5.41) is 3.21. The Morgan fingerprint density at radius 2 is 2.08 bits per heavy atom. The molecule has 144 valence electrons. The number of ether oxygens (including phenoxy) is 1. The van der Waals surface area contributed by atoms with Crippen LogP contribution >= 0.6 is 0 Å². The fourth-order valence-electron chi connectivity index (χ4n) is 3.59. The van der Waals surface area contributed by atoms with Crippen molar-refractivity contribution in [2.45, 2.75) is 30.2 Å². The first kappa shape index (κ1) is 19.3. The van der Waals surface area contributed by atoms with Crippen LogP contribution < -0.4 is 10.0 Å². The molecule has 0 unspecified atom stereocenters. The number of nitrogens with one attached hydrogen (secondary N) is 2. The van der Waals surface area contributed by atoms with Crippen molar-refractivity contribution >= 4 is 15.9 Å². The van der Waals surface area contributed by atoms with Gasteiger partial charge < -0.3 is 15.0 Å². The van der Waals surface area contributed by atoms with Crippen LogP contribution in [0.15, 0.2) is 29.2 Å². The smallest absolute Gasteiger partial charge is 0.253 e. The number of benzene rings is 1. The largest absolute Gasteiger partial charge is 0.384 e. The molecule has 26 heavy (non-hydrogen) atoms. The predicted molar refractivity (Wildman–Crippen MR) is 98.5 cm³/mol. The lowest BCUT2D eigenvalue weighted by molar-refractivity contribution is 0.0775. The molecule has 3 rings (SSSR count). The van der Waals surface area contributed by atoms with E-state index in [-0.39, 0.29) is 16.8 Å². The summed E-state index contributed by atoms with van der Waals surface area (Å²) in [4.78, 5) is 14.6. The molecule has 0 aromatic heterocycles. The zero-order chi connectivity index (χ0) is 18.6. The van der Waals surface area contributed by atoms with Gasteiger partial charge in [-0.1, -0.05) is 6.07 Å².